The minimum atomic E-state index is -3.81. The van der Waals surface area contributed by atoms with E-state index in [1.807, 2.05) is 4.90 Å². The van der Waals surface area contributed by atoms with Crippen molar-refractivity contribution in [3.8, 4) is 5.75 Å². The third kappa shape index (κ3) is 2.04. The van der Waals surface area contributed by atoms with E-state index in [0.717, 1.165) is 0 Å². The van der Waals surface area contributed by atoms with Crippen LogP contribution in [-0.2, 0) is 16.6 Å². The van der Waals surface area contributed by atoms with Gasteiger partial charge in [0, 0.05) is 38.1 Å². The van der Waals surface area contributed by atoms with Crippen molar-refractivity contribution in [2.75, 3.05) is 19.8 Å². The van der Waals surface area contributed by atoms with Gasteiger partial charge in [-0.3, -0.25) is 4.90 Å². The van der Waals surface area contributed by atoms with Crippen LogP contribution in [0.2, 0.25) is 0 Å². The van der Waals surface area contributed by atoms with Gasteiger partial charge in [-0.25, -0.2) is 0 Å². The number of hydrogen-bond acceptors (Lipinski definition) is 6. The summed E-state index contributed by atoms with van der Waals surface area (Å²) in [7, 11) is -3.81. The number of hydrogen-bond donors (Lipinski definition) is 3. The van der Waals surface area contributed by atoms with Gasteiger partial charge in [0.25, 0.3) is 10.0 Å². The summed E-state index contributed by atoms with van der Waals surface area (Å²) in [6.07, 6.45) is 2.88. The van der Waals surface area contributed by atoms with E-state index in [1.54, 1.807) is 0 Å². The molecule has 0 unspecified atom stereocenters. The molecule has 1 saturated heterocycles. The lowest BCUT2D eigenvalue weighted by Gasteiger charge is -2.09. The van der Waals surface area contributed by atoms with Gasteiger partial charge < -0.3 is 21.2 Å². The maximum absolute atomic E-state index is 12.3. The highest BCUT2D eigenvalue weighted by Gasteiger charge is 2.31. The Morgan fingerprint density at radius 3 is 2.90 bits per heavy atom. The smallest absolute Gasteiger partial charge is 0.287 e. The Kier molecular flexibility index (Phi) is 3.13. The molecule has 1 aromatic heterocycles. The predicted molar refractivity (Wildman–Crippen MR) is 72.6 cm³/mol. The second-order valence-electron chi connectivity index (χ2n) is 4.61. The van der Waals surface area contributed by atoms with Crippen LogP contribution in [0.15, 0.2) is 27.3 Å². The summed E-state index contributed by atoms with van der Waals surface area (Å²) in [5.41, 5.74) is 12.8. The van der Waals surface area contributed by atoms with Gasteiger partial charge in [-0.05, 0) is 0 Å². The molecule has 5 N–H and O–H groups in total. The maximum atomic E-state index is 12.3. The number of fused-ring (bicyclic) bond motifs is 2. The summed E-state index contributed by atoms with van der Waals surface area (Å²) < 4.78 is 34.0. The number of ether oxygens (including phenoxy) is 1. The number of likely N-dealkylation sites (tertiary alicyclic amines) is 1. The van der Waals surface area contributed by atoms with Gasteiger partial charge in [-0.1, -0.05) is 0 Å². The third-order valence-electron chi connectivity index (χ3n) is 3.30. The van der Waals surface area contributed by atoms with Crippen molar-refractivity contribution >= 4 is 15.7 Å². The molecule has 3 rings (SSSR count). The molecule has 1 fully saturated rings. The quantitative estimate of drug-likeness (QED) is 0.650. The van der Waals surface area contributed by atoms with Crippen molar-refractivity contribution in [1.82, 2.24) is 9.88 Å². The third-order valence-corrected chi connectivity index (χ3v) is 4.62. The molecule has 0 spiro atoms. The first-order valence-corrected chi connectivity index (χ1v) is 7.52. The molecule has 8 nitrogen and oxygen atoms in total. The average molecular weight is 297 g/mol. The first-order valence-electron chi connectivity index (χ1n) is 6.08. The standard InChI is InChI=1S/C11H15N5O3S/c12-1-8-11-10(2-14-8)20(17,18)15-9-4-16(6-13)3-7(9)5-19-11/h2,5,14H,1,3-4,6,12-13H2. The molecule has 0 atom stereocenters. The lowest BCUT2D eigenvalue weighted by Crippen LogP contribution is -2.27. The summed E-state index contributed by atoms with van der Waals surface area (Å²) in [6, 6.07) is 0. The second-order valence-corrected chi connectivity index (χ2v) is 6.18. The number of nitrogens with one attached hydrogen (secondary N) is 1. The molecule has 0 radical (unpaired) electrons. The molecule has 20 heavy (non-hydrogen) atoms. The van der Waals surface area contributed by atoms with Crippen molar-refractivity contribution in [3.05, 3.63) is 23.7 Å². The van der Waals surface area contributed by atoms with Gasteiger partial charge in [-0.2, -0.15) is 12.8 Å². The topological polar surface area (TPSA) is 127 Å². The van der Waals surface area contributed by atoms with Crippen LogP contribution in [0.25, 0.3) is 0 Å². The van der Waals surface area contributed by atoms with Gasteiger partial charge in [0.15, 0.2) is 5.75 Å². The van der Waals surface area contributed by atoms with Crippen molar-refractivity contribution in [2.24, 2.45) is 15.9 Å². The predicted octanol–water partition coefficient (Wildman–Crippen LogP) is -0.889. The monoisotopic (exact) mass is 297 g/mol. The number of H-pyrrole nitrogens is 1. The Balaban J connectivity index is 2.13. The first-order chi connectivity index (χ1) is 9.55. The maximum Gasteiger partial charge on any atom is 0.287 e. The van der Waals surface area contributed by atoms with Crippen LogP contribution in [0.1, 0.15) is 5.69 Å². The number of aromatic nitrogens is 1. The van der Waals surface area contributed by atoms with Gasteiger partial charge >= 0.3 is 0 Å². The zero-order valence-electron chi connectivity index (χ0n) is 10.7. The zero-order valence-corrected chi connectivity index (χ0v) is 11.5. The number of aromatic amines is 1. The van der Waals surface area contributed by atoms with Gasteiger partial charge in [0.05, 0.1) is 17.7 Å². The van der Waals surface area contributed by atoms with Crippen LogP contribution >= 0.6 is 0 Å². The van der Waals surface area contributed by atoms with Crippen molar-refractivity contribution < 1.29 is 13.2 Å². The summed E-state index contributed by atoms with van der Waals surface area (Å²) in [5.74, 6) is 0.217. The van der Waals surface area contributed by atoms with E-state index in [1.165, 1.54) is 12.5 Å². The lowest BCUT2D eigenvalue weighted by atomic mass is 10.2. The fraction of sp³-hybridized carbons (Fsp3) is 0.364. The highest BCUT2D eigenvalue weighted by atomic mass is 32.2. The molecule has 0 amide bonds. The molecule has 0 aliphatic carbocycles. The van der Waals surface area contributed by atoms with Crippen LogP contribution in [-0.4, -0.2) is 43.8 Å². The molecule has 2 aliphatic rings. The van der Waals surface area contributed by atoms with Crippen LogP contribution < -0.4 is 16.2 Å². The van der Waals surface area contributed by atoms with Crippen LogP contribution in [0, 0.1) is 0 Å². The van der Waals surface area contributed by atoms with E-state index >= 15 is 0 Å². The fourth-order valence-corrected chi connectivity index (χ4v) is 3.43. The second kappa shape index (κ2) is 4.70. The Labute approximate surface area is 116 Å². The fourth-order valence-electron chi connectivity index (χ4n) is 2.25. The minimum Gasteiger partial charge on any atom is -0.461 e. The van der Waals surface area contributed by atoms with E-state index in [4.69, 9.17) is 16.2 Å². The summed E-state index contributed by atoms with van der Waals surface area (Å²) >= 11 is 0. The molecule has 1 aromatic rings. The van der Waals surface area contributed by atoms with Crippen molar-refractivity contribution in [1.29, 1.82) is 0 Å². The molecule has 108 valence electrons. The molecule has 2 aliphatic heterocycles. The SMILES string of the molecule is NCc1[nH]cc2c1OC=C1CN(CN)CC1=NS2(=O)=O. The highest BCUT2D eigenvalue weighted by molar-refractivity contribution is 7.90. The van der Waals surface area contributed by atoms with Gasteiger partial charge in [-0.15, -0.1) is 0 Å². The number of nitrogens with two attached hydrogens (primary N) is 2. The molecule has 9 heteroatoms. The van der Waals surface area contributed by atoms with E-state index in [2.05, 4.69) is 9.38 Å². The molecule has 3 heterocycles. The van der Waals surface area contributed by atoms with Crippen molar-refractivity contribution in [2.45, 2.75) is 11.4 Å². The Morgan fingerprint density at radius 1 is 1.40 bits per heavy atom. The number of rotatable bonds is 2. The zero-order chi connectivity index (χ0) is 14.3. The van der Waals surface area contributed by atoms with E-state index < -0.39 is 10.0 Å². The van der Waals surface area contributed by atoms with Crippen LogP contribution in [0.3, 0.4) is 0 Å². The van der Waals surface area contributed by atoms with Crippen LogP contribution in [0.5, 0.6) is 5.75 Å². The summed E-state index contributed by atoms with van der Waals surface area (Å²) in [6.45, 7) is 1.40. The number of nitrogens with zero attached hydrogens (tertiary/aromatic N) is 2. The van der Waals surface area contributed by atoms with Gasteiger partial charge in [0.2, 0.25) is 0 Å². The Morgan fingerprint density at radius 2 is 2.20 bits per heavy atom. The first kappa shape index (κ1) is 13.3. The Hall–Kier alpha value is -1.68. The normalized spacial score (nSPS) is 21.1. The lowest BCUT2D eigenvalue weighted by molar-refractivity contribution is 0.369. The summed E-state index contributed by atoms with van der Waals surface area (Å²) in [4.78, 5) is 4.68. The van der Waals surface area contributed by atoms with E-state index in [-0.39, 0.29) is 17.2 Å². The Bertz CT molecular complexity index is 704. The van der Waals surface area contributed by atoms with E-state index in [9.17, 15) is 8.42 Å². The molecule has 0 saturated carbocycles. The molecular formula is C11H15N5O3S. The van der Waals surface area contributed by atoms with Crippen molar-refractivity contribution in [3.63, 3.8) is 0 Å². The molecule has 0 bridgehead atoms. The highest BCUT2D eigenvalue weighted by Crippen LogP contribution is 2.32. The molecule has 0 aromatic carbocycles. The van der Waals surface area contributed by atoms with Gasteiger partial charge in [0.1, 0.15) is 4.90 Å². The largest absolute Gasteiger partial charge is 0.461 e. The minimum absolute atomic E-state index is 0.00643. The number of sulfonamides is 1. The summed E-state index contributed by atoms with van der Waals surface area (Å²) in [5, 5.41) is 0. The molecular weight excluding hydrogens is 282 g/mol. The average Bonchev–Trinajstić information content (AvgIpc) is 2.98. The van der Waals surface area contributed by atoms with Crippen LogP contribution in [0.4, 0.5) is 0 Å². The van der Waals surface area contributed by atoms with E-state index in [0.29, 0.717) is 36.7 Å².